The topological polar surface area (TPSA) is 37.4 Å². The average Bonchev–Trinajstić information content (AvgIpc) is 3.04. The van der Waals surface area contributed by atoms with Crippen LogP contribution in [0.25, 0.3) is 5.70 Å². The molecule has 0 bridgehead atoms. The van der Waals surface area contributed by atoms with Gasteiger partial charge in [0.25, 0.3) is 11.8 Å². The Morgan fingerprint density at radius 2 is 1.68 bits per heavy atom. The van der Waals surface area contributed by atoms with Crippen LogP contribution in [0.2, 0.25) is 0 Å². The van der Waals surface area contributed by atoms with E-state index in [0.717, 1.165) is 4.88 Å². The lowest BCUT2D eigenvalue weighted by Gasteiger charge is -2.15. The summed E-state index contributed by atoms with van der Waals surface area (Å²) in [7, 11) is 0. The van der Waals surface area contributed by atoms with E-state index < -0.39 is 0 Å². The predicted octanol–water partition coefficient (Wildman–Crippen LogP) is 3.74. The van der Waals surface area contributed by atoms with Gasteiger partial charge in [0.15, 0.2) is 0 Å². The molecule has 0 spiro atoms. The molecule has 19 heavy (non-hydrogen) atoms. The second-order valence-electron chi connectivity index (χ2n) is 3.96. The summed E-state index contributed by atoms with van der Waals surface area (Å²) in [4.78, 5) is 28.4. The molecule has 0 saturated carbocycles. The van der Waals surface area contributed by atoms with Crippen molar-refractivity contribution in [3.8, 4) is 0 Å². The van der Waals surface area contributed by atoms with Crippen molar-refractivity contribution in [1.82, 2.24) is 4.90 Å². The summed E-state index contributed by atoms with van der Waals surface area (Å²) in [6.45, 7) is 0. The number of fused-ring (bicyclic) bond motifs is 1. The first-order chi connectivity index (χ1) is 9.24. The number of imide groups is 1. The van der Waals surface area contributed by atoms with Gasteiger partial charge in [0.2, 0.25) is 0 Å². The Bertz CT molecular complexity index is 656. The molecule has 5 heteroatoms. The van der Waals surface area contributed by atoms with Crippen molar-refractivity contribution in [1.29, 1.82) is 0 Å². The first-order valence-electron chi connectivity index (χ1n) is 5.56. The molecule has 2 amide bonds. The van der Waals surface area contributed by atoms with Crippen LogP contribution >= 0.6 is 27.3 Å². The van der Waals surface area contributed by atoms with Crippen LogP contribution in [0.4, 0.5) is 0 Å². The fourth-order valence-corrected chi connectivity index (χ4v) is 3.38. The molecular formula is C14H8BrNO2S. The molecule has 0 fully saturated rings. The van der Waals surface area contributed by atoms with Gasteiger partial charge < -0.3 is 0 Å². The van der Waals surface area contributed by atoms with Crippen molar-refractivity contribution in [3.05, 3.63) is 62.8 Å². The van der Waals surface area contributed by atoms with Crippen LogP contribution in [0.5, 0.6) is 0 Å². The van der Waals surface area contributed by atoms with Crippen LogP contribution in [0, 0.1) is 0 Å². The summed E-state index contributed by atoms with van der Waals surface area (Å²) < 4.78 is 0. The van der Waals surface area contributed by atoms with Crippen LogP contribution in [0.1, 0.15) is 25.6 Å². The number of benzene rings is 1. The van der Waals surface area contributed by atoms with E-state index in [2.05, 4.69) is 15.9 Å². The summed E-state index contributed by atoms with van der Waals surface area (Å²) in [6.07, 6.45) is 0. The quantitative estimate of drug-likeness (QED) is 0.785. The average molecular weight is 334 g/mol. The number of hydrogen-bond acceptors (Lipinski definition) is 3. The highest BCUT2D eigenvalue weighted by atomic mass is 79.9. The molecule has 1 aliphatic rings. The highest BCUT2D eigenvalue weighted by Crippen LogP contribution is 2.33. The highest BCUT2D eigenvalue weighted by molar-refractivity contribution is 9.11. The van der Waals surface area contributed by atoms with E-state index >= 15 is 0 Å². The molecule has 3 rings (SSSR count). The maximum atomic E-state index is 12.4. The van der Waals surface area contributed by atoms with Crippen LogP contribution in [0.3, 0.4) is 0 Å². The Balaban J connectivity index is 2.09. The SMILES string of the molecule is O=C1c2ccccc2C(=O)N1/C(=C/Br)c1cccs1. The summed E-state index contributed by atoms with van der Waals surface area (Å²) in [6, 6.07) is 10.6. The number of thiophene rings is 1. The molecule has 0 aliphatic carbocycles. The fraction of sp³-hybridized carbons (Fsp3) is 0. The number of nitrogens with zero attached hydrogens (tertiary/aromatic N) is 1. The van der Waals surface area contributed by atoms with Gasteiger partial charge in [-0.05, 0) is 23.6 Å². The Kier molecular flexibility index (Phi) is 3.08. The smallest absolute Gasteiger partial charge is 0.266 e. The van der Waals surface area contributed by atoms with Crippen molar-refractivity contribution < 1.29 is 9.59 Å². The van der Waals surface area contributed by atoms with Gasteiger partial charge in [0, 0.05) is 4.99 Å². The zero-order valence-electron chi connectivity index (χ0n) is 9.67. The lowest BCUT2D eigenvalue weighted by atomic mass is 10.1. The summed E-state index contributed by atoms with van der Waals surface area (Å²) in [5.74, 6) is -0.556. The van der Waals surface area contributed by atoms with Crippen molar-refractivity contribution in [2.24, 2.45) is 0 Å². The molecule has 0 unspecified atom stereocenters. The van der Waals surface area contributed by atoms with E-state index in [0.29, 0.717) is 16.8 Å². The highest BCUT2D eigenvalue weighted by Gasteiger charge is 2.37. The minimum absolute atomic E-state index is 0.278. The van der Waals surface area contributed by atoms with Gasteiger partial charge in [-0.3, -0.25) is 9.59 Å². The largest absolute Gasteiger partial charge is 0.268 e. The number of rotatable bonds is 2. The molecule has 0 radical (unpaired) electrons. The van der Waals surface area contributed by atoms with Crippen molar-refractivity contribution in [3.63, 3.8) is 0 Å². The van der Waals surface area contributed by atoms with Gasteiger partial charge >= 0.3 is 0 Å². The molecule has 2 heterocycles. The first kappa shape index (κ1) is 12.3. The summed E-state index contributed by atoms with van der Waals surface area (Å²) in [5.41, 5.74) is 1.48. The Hall–Kier alpha value is -1.72. The molecule has 0 atom stereocenters. The second-order valence-corrected chi connectivity index (χ2v) is 5.37. The molecule has 94 valence electrons. The van der Waals surface area contributed by atoms with Crippen LogP contribution in [-0.4, -0.2) is 16.7 Å². The Morgan fingerprint density at radius 3 is 2.16 bits per heavy atom. The van der Waals surface area contributed by atoms with Gasteiger partial charge in [-0.1, -0.05) is 34.1 Å². The Labute approximate surface area is 122 Å². The van der Waals surface area contributed by atoms with Gasteiger partial charge in [0.1, 0.15) is 0 Å². The number of carbonyl (C=O) groups is 2. The minimum Gasteiger partial charge on any atom is -0.268 e. The number of hydrogen-bond donors (Lipinski definition) is 0. The minimum atomic E-state index is -0.278. The van der Waals surface area contributed by atoms with Crippen molar-refractivity contribution >= 4 is 44.8 Å². The van der Waals surface area contributed by atoms with Crippen LogP contribution in [0.15, 0.2) is 46.8 Å². The molecule has 1 aromatic carbocycles. The summed E-state index contributed by atoms with van der Waals surface area (Å²) in [5, 5.41) is 1.91. The molecule has 2 aromatic rings. The van der Waals surface area contributed by atoms with Crippen molar-refractivity contribution in [2.75, 3.05) is 0 Å². The van der Waals surface area contributed by atoms with Crippen molar-refractivity contribution in [2.45, 2.75) is 0 Å². The number of amides is 2. The number of halogens is 1. The lowest BCUT2D eigenvalue weighted by molar-refractivity contribution is 0.0736. The maximum absolute atomic E-state index is 12.4. The zero-order chi connectivity index (χ0) is 13.4. The number of carbonyl (C=O) groups excluding carboxylic acids is 2. The standard InChI is InChI=1S/C14H8BrNO2S/c15-8-11(12-6-3-7-19-12)16-13(17)9-4-1-2-5-10(9)14(16)18/h1-8H/b11-8+. The van der Waals surface area contributed by atoms with Gasteiger partial charge in [-0.15, -0.1) is 11.3 Å². The van der Waals surface area contributed by atoms with E-state index in [-0.39, 0.29) is 11.8 Å². The third kappa shape index (κ3) is 1.86. The Morgan fingerprint density at radius 1 is 1.05 bits per heavy atom. The molecule has 0 saturated heterocycles. The molecule has 1 aliphatic heterocycles. The fourth-order valence-electron chi connectivity index (χ4n) is 2.05. The normalized spacial score (nSPS) is 15.0. The monoisotopic (exact) mass is 333 g/mol. The second kappa shape index (κ2) is 4.75. The molecular weight excluding hydrogens is 326 g/mol. The predicted molar refractivity (Wildman–Crippen MR) is 78.2 cm³/mol. The summed E-state index contributed by atoms with van der Waals surface area (Å²) >= 11 is 4.73. The molecule has 3 nitrogen and oxygen atoms in total. The third-order valence-corrected chi connectivity index (χ3v) is 4.24. The molecule has 0 N–H and O–H groups in total. The first-order valence-corrected chi connectivity index (χ1v) is 7.35. The van der Waals surface area contributed by atoms with E-state index in [1.807, 2.05) is 17.5 Å². The van der Waals surface area contributed by atoms with Gasteiger partial charge in [-0.2, -0.15) is 0 Å². The molecule has 1 aromatic heterocycles. The van der Waals surface area contributed by atoms with E-state index in [1.165, 1.54) is 16.2 Å². The van der Waals surface area contributed by atoms with E-state index in [4.69, 9.17) is 0 Å². The van der Waals surface area contributed by atoms with Gasteiger partial charge in [-0.25, -0.2) is 4.90 Å². The lowest BCUT2D eigenvalue weighted by Crippen LogP contribution is -2.27. The maximum Gasteiger partial charge on any atom is 0.266 e. The third-order valence-electron chi connectivity index (χ3n) is 2.91. The van der Waals surface area contributed by atoms with Crippen LogP contribution < -0.4 is 0 Å². The zero-order valence-corrected chi connectivity index (χ0v) is 12.1. The van der Waals surface area contributed by atoms with Gasteiger partial charge in [0.05, 0.1) is 21.7 Å². The van der Waals surface area contributed by atoms with E-state index in [1.54, 1.807) is 29.3 Å². The van der Waals surface area contributed by atoms with Crippen LogP contribution in [-0.2, 0) is 0 Å². The van der Waals surface area contributed by atoms with E-state index in [9.17, 15) is 9.59 Å².